The van der Waals surface area contributed by atoms with Gasteiger partial charge in [-0.15, -0.1) is 0 Å². The molecule has 1 fully saturated rings. The molecule has 0 bridgehead atoms. The van der Waals surface area contributed by atoms with Crippen LogP contribution in [-0.2, 0) is 22.4 Å². The van der Waals surface area contributed by atoms with Crippen molar-refractivity contribution in [2.45, 2.75) is 66.7 Å². The number of hydrogen-bond donors (Lipinski definition) is 0. The summed E-state index contributed by atoms with van der Waals surface area (Å²) in [5, 5.41) is 0. The Bertz CT molecular complexity index is 1210. The van der Waals surface area contributed by atoms with Gasteiger partial charge in [0.05, 0.1) is 12.5 Å². The number of ether oxygens (including phenoxy) is 2. The van der Waals surface area contributed by atoms with E-state index >= 15 is 0 Å². The third kappa shape index (κ3) is 4.13. The Morgan fingerprint density at radius 2 is 1.83 bits per heavy atom. The maximum Gasteiger partial charge on any atom is 0.309 e. The quantitative estimate of drug-likeness (QED) is 0.404. The van der Waals surface area contributed by atoms with Crippen molar-refractivity contribution in [3.63, 3.8) is 0 Å². The van der Waals surface area contributed by atoms with Gasteiger partial charge in [-0.3, -0.25) is 4.79 Å². The molecule has 3 nitrogen and oxygen atoms in total. The van der Waals surface area contributed by atoms with Crippen LogP contribution in [0.1, 0.15) is 73.4 Å². The molecule has 0 saturated heterocycles. The second kappa shape index (κ2) is 9.33. The van der Waals surface area contributed by atoms with Gasteiger partial charge in [0, 0.05) is 5.92 Å². The molecule has 4 unspecified atom stereocenters. The van der Waals surface area contributed by atoms with Crippen LogP contribution in [0.3, 0.4) is 0 Å². The highest BCUT2D eigenvalue weighted by atomic mass is 16.5. The van der Waals surface area contributed by atoms with E-state index in [1.54, 1.807) is 0 Å². The first-order valence-electron chi connectivity index (χ1n) is 13.3. The molecule has 0 spiro atoms. The lowest BCUT2D eigenvalue weighted by Gasteiger charge is -2.28. The molecule has 2 aromatic carbocycles. The summed E-state index contributed by atoms with van der Waals surface area (Å²) in [6.45, 7) is 14.2. The number of carbonyl (C=O) groups excluding carboxylic acids is 1. The predicted octanol–water partition coefficient (Wildman–Crippen LogP) is 7.13. The van der Waals surface area contributed by atoms with Gasteiger partial charge in [0.2, 0.25) is 0 Å². The molecule has 0 N–H and O–H groups in total. The number of fused-ring (bicyclic) bond motifs is 3. The first-order chi connectivity index (χ1) is 16.8. The number of carbonyl (C=O) groups is 1. The summed E-state index contributed by atoms with van der Waals surface area (Å²) in [6.07, 6.45) is 5.29. The van der Waals surface area contributed by atoms with Gasteiger partial charge in [0.15, 0.2) is 0 Å². The van der Waals surface area contributed by atoms with E-state index in [9.17, 15) is 4.79 Å². The molecule has 3 aliphatic carbocycles. The number of hydrogen-bond acceptors (Lipinski definition) is 3. The molecule has 1 saturated carbocycles. The highest BCUT2D eigenvalue weighted by Crippen LogP contribution is 2.62. The van der Waals surface area contributed by atoms with Crippen LogP contribution in [0.2, 0.25) is 0 Å². The zero-order chi connectivity index (χ0) is 24.9. The smallest absolute Gasteiger partial charge is 0.309 e. The van der Waals surface area contributed by atoms with Crippen LogP contribution in [0.15, 0.2) is 47.6 Å². The van der Waals surface area contributed by atoms with Crippen molar-refractivity contribution >= 4 is 11.5 Å². The molecule has 0 aliphatic heterocycles. The lowest BCUT2D eigenvalue weighted by atomic mass is 9.78. The topological polar surface area (TPSA) is 35.5 Å². The van der Waals surface area contributed by atoms with Crippen LogP contribution < -0.4 is 4.74 Å². The van der Waals surface area contributed by atoms with Gasteiger partial charge in [0.25, 0.3) is 0 Å². The van der Waals surface area contributed by atoms with Gasteiger partial charge in [-0.25, -0.2) is 0 Å². The molecule has 5 rings (SSSR count). The Morgan fingerprint density at radius 3 is 2.51 bits per heavy atom. The van der Waals surface area contributed by atoms with E-state index in [0.29, 0.717) is 31.0 Å². The van der Waals surface area contributed by atoms with Crippen LogP contribution >= 0.6 is 0 Å². The minimum atomic E-state index is -0.0213. The molecule has 0 radical (unpaired) electrons. The number of benzene rings is 2. The molecule has 0 amide bonds. The van der Waals surface area contributed by atoms with Crippen molar-refractivity contribution in [3.05, 3.63) is 80.9 Å². The highest BCUT2D eigenvalue weighted by Gasteiger charge is 2.60. The Morgan fingerprint density at radius 1 is 1.09 bits per heavy atom. The fourth-order valence-electron chi connectivity index (χ4n) is 6.58. The standard InChI is InChI=1S/C32H38O3/c1-7-22-14-25-24(15-26-30(25)31(26)32(33)34-8-2)16-27(22)35-17-23-13-12-20(5)29(21(23)6)28-18(3)10-9-11-19(28)4/h9-11,13-14,16,20,26,30-31H,7-8,12,15,17H2,1-6H3. The number of rotatable bonds is 7. The van der Waals surface area contributed by atoms with Gasteiger partial charge >= 0.3 is 5.97 Å². The normalized spacial score (nSPS) is 24.6. The molecule has 3 aliphatic rings. The fraction of sp³-hybridized carbons (Fsp3) is 0.469. The third-order valence-corrected chi connectivity index (χ3v) is 8.48. The van der Waals surface area contributed by atoms with Crippen molar-refractivity contribution < 1.29 is 14.3 Å². The van der Waals surface area contributed by atoms with E-state index in [-0.39, 0.29) is 11.9 Å². The molecule has 4 atom stereocenters. The minimum Gasteiger partial charge on any atom is -0.489 e. The van der Waals surface area contributed by atoms with Crippen molar-refractivity contribution in [1.29, 1.82) is 0 Å². The van der Waals surface area contributed by atoms with E-state index in [1.807, 2.05) is 6.92 Å². The number of esters is 1. The number of allylic oxidation sites excluding steroid dienone is 2. The summed E-state index contributed by atoms with van der Waals surface area (Å²) in [6, 6.07) is 11.1. The second-order valence-corrected chi connectivity index (χ2v) is 10.6. The Balaban J connectivity index is 1.37. The van der Waals surface area contributed by atoms with Crippen LogP contribution in [0.5, 0.6) is 5.75 Å². The Kier molecular flexibility index (Phi) is 6.38. The van der Waals surface area contributed by atoms with Crippen molar-refractivity contribution in [3.8, 4) is 5.75 Å². The van der Waals surface area contributed by atoms with Gasteiger partial charge < -0.3 is 9.47 Å². The predicted molar refractivity (Wildman–Crippen MR) is 142 cm³/mol. The van der Waals surface area contributed by atoms with Crippen LogP contribution in [0.25, 0.3) is 5.57 Å². The first kappa shape index (κ1) is 23.9. The van der Waals surface area contributed by atoms with Crippen LogP contribution in [-0.4, -0.2) is 19.2 Å². The van der Waals surface area contributed by atoms with Crippen LogP contribution in [0.4, 0.5) is 0 Å². The summed E-state index contributed by atoms with van der Waals surface area (Å²) < 4.78 is 11.8. The summed E-state index contributed by atoms with van der Waals surface area (Å²) in [5.74, 6) is 2.30. The van der Waals surface area contributed by atoms with E-state index in [1.165, 1.54) is 50.1 Å². The van der Waals surface area contributed by atoms with E-state index in [2.05, 4.69) is 71.0 Å². The van der Waals surface area contributed by atoms with Gasteiger partial charge in [-0.2, -0.15) is 0 Å². The first-order valence-corrected chi connectivity index (χ1v) is 13.3. The second-order valence-electron chi connectivity index (χ2n) is 10.6. The maximum atomic E-state index is 12.3. The van der Waals surface area contributed by atoms with Gasteiger partial charge in [0.1, 0.15) is 12.4 Å². The average molecular weight is 471 g/mol. The highest BCUT2D eigenvalue weighted by molar-refractivity contribution is 5.80. The summed E-state index contributed by atoms with van der Waals surface area (Å²) in [4.78, 5) is 12.3. The Hall–Kier alpha value is -2.81. The maximum absolute atomic E-state index is 12.3. The molecular weight excluding hydrogens is 432 g/mol. The van der Waals surface area contributed by atoms with Crippen LogP contribution in [0, 0.1) is 31.6 Å². The fourth-order valence-corrected chi connectivity index (χ4v) is 6.58. The van der Waals surface area contributed by atoms with Gasteiger partial charge in [-0.05, 0) is 115 Å². The minimum absolute atomic E-state index is 0.0213. The zero-order valence-corrected chi connectivity index (χ0v) is 22.0. The van der Waals surface area contributed by atoms with Crippen molar-refractivity contribution in [2.24, 2.45) is 17.8 Å². The monoisotopic (exact) mass is 470 g/mol. The largest absolute Gasteiger partial charge is 0.489 e. The molecule has 0 aromatic heterocycles. The molecule has 35 heavy (non-hydrogen) atoms. The van der Waals surface area contributed by atoms with E-state index in [4.69, 9.17) is 9.47 Å². The molecule has 2 aromatic rings. The van der Waals surface area contributed by atoms with Crippen molar-refractivity contribution in [1.82, 2.24) is 0 Å². The lowest BCUT2D eigenvalue weighted by molar-refractivity contribution is -0.145. The Labute approximate surface area is 210 Å². The third-order valence-electron chi connectivity index (χ3n) is 8.48. The summed E-state index contributed by atoms with van der Waals surface area (Å²) in [7, 11) is 0. The lowest BCUT2D eigenvalue weighted by Crippen LogP contribution is -2.14. The molecule has 184 valence electrons. The van der Waals surface area contributed by atoms with Gasteiger partial charge in [-0.1, -0.05) is 44.2 Å². The number of aryl methyl sites for hydroxylation is 3. The zero-order valence-electron chi connectivity index (χ0n) is 22.0. The molecule has 0 heterocycles. The summed E-state index contributed by atoms with van der Waals surface area (Å²) >= 11 is 0. The average Bonchev–Trinajstić information content (AvgIpc) is 3.42. The molecular formula is C32H38O3. The molecule has 3 heteroatoms. The summed E-state index contributed by atoms with van der Waals surface area (Å²) in [5.41, 5.74) is 12.2. The van der Waals surface area contributed by atoms with E-state index < -0.39 is 0 Å². The SMILES string of the molecule is CCOC(=O)C1C2Cc3cc(OCC4=CCC(C)C(c5c(C)cccc5C)=C4C)c(CC)cc3C21. The van der Waals surface area contributed by atoms with E-state index in [0.717, 1.165) is 25.0 Å². The van der Waals surface area contributed by atoms with Crippen molar-refractivity contribution in [2.75, 3.05) is 13.2 Å².